The Kier molecular flexibility index (Phi) is 4.85. The number of carbonyl (C=O) groups excluding carboxylic acids is 1. The highest BCUT2D eigenvalue weighted by atomic mass is 16.4. The smallest absolute Gasteiger partial charge is 0.323 e. The summed E-state index contributed by atoms with van der Waals surface area (Å²) >= 11 is 0. The van der Waals surface area contributed by atoms with Crippen LogP contribution in [0.4, 0.5) is 0 Å². The van der Waals surface area contributed by atoms with Crippen molar-refractivity contribution in [1.29, 1.82) is 0 Å². The van der Waals surface area contributed by atoms with Gasteiger partial charge in [-0.05, 0) is 56.8 Å². The zero-order chi connectivity index (χ0) is 17.2. The van der Waals surface area contributed by atoms with E-state index in [1.54, 1.807) is 0 Å². The number of hydrogen-bond donors (Lipinski definition) is 1. The van der Waals surface area contributed by atoms with Crippen LogP contribution in [-0.2, 0) is 16.1 Å². The van der Waals surface area contributed by atoms with E-state index in [0.29, 0.717) is 13.0 Å². The van der Waals surface area contributed by atoms with E-state index in [1.165, 1.54) is 4.90 Å². The molecule has 2 fully saturated rings. The number of hydrogen-bond acceptors (Lipinski definition) is 4. The average molecular weight is 331 g/mol. The zero-order valence-corrected chi connectivity index (χ0v) is 14.2. The van der Waals surface area contributed by atoms with Crippen LogP contribution in [-0.4, -0.2) is 57.9 Å². The third kappa shape index (κ3) is 3.93. The number of carboxylic acids is 1. The first-order valence-electron chi connectivity index (χ1n) is 8.60. The molecule has 1 N–H and O–H groups in total. The molecule has 1 aromatic heterocycles. The summed E-state index contributed by atoms with van der Waals surface area (Å²) in [5.41, 5.74) is 2.23. The van der Waals surface area contributed by atoms with Crippen molar-refractivity contribution in [2.75, 3.05) is 26.2 Å². The normalized spacial score (nSPS) is 21.2. The van der Waals surface area contributed by atoms with Gasteiger partial charge >= 0.3 is 5.97 Å². The van der Waals surface area contributed by atoms with Gasteiger partial charge in [-0.1, -0.05) is 6.07 Å². The average Bonchev–Trinajstić information content (AvgIpc) is 2.53. The summed E-state index contributed by atoms with van der Waals surface area (Å²) in [6.45, 7) is 5.24. The molecule has 2 aliphatic rings. The van der Waals surface area contributed by atoms with Crippen molar-refractivity contribution in [1.82, 2.24) is 14.8 Å². The Labute approximate surface area is 142 Å². The maximum absolute atomic E-state index is 11.9. The second-order valence-corrected chi connectivity index (χ2v) is 7.19. The summed E-state index contributed by atoms with van der Waals surface area (Å²) < 4.78 is 0. The molecule has 1 aromatic rings. The summed E-state index contributed by atoms with van der Waals surface area (Å²) in [6, 6.07) is 6.11. The van der Waals surface area contributed by atoms with E-state index in [4.69, 9.17) is 5.11 Å². The predicted molar refractivity (Wildman–Crippen MR) is 89.4 cm³/mol. The van der Waals surface area contributed by atoms with Crippen molar-refractivity contribution in [2.24, 2.45) is 5.41 Å². The summed E-state index contributed by atoms with van der Waals surface area (Å²) in [5, 5.41) is 8.99. The van der Waals surface area contributed by atoms with Crippen molar-refractivity contribution in [3.05, 3.63) is 29.6 Å². The largest absolute Gasteiger partial charge is 0.480 e. The molecule has 3 rings (SSSR count). The molecule has 0 radical (unpaired) electrons. The van der Waals surface area contributed by atoms with Gasteiger partial charge in [-0.3, -0.25) is 19.5 Å². The summed E-state index contributed by atoms with van der Waals surface area (Å²) in [6.07, 6.45) is 3.40. The first kappa shape index (κ1) is 16.9. The van der Waals surface area contributed by atoms with E-state index in [9.17, 15) is 9.59 Å². The van der Waals surface area contributed by atoms with Gasteiger partial charge < -0.3 is 10.0 Å². The van der Waals surface area contributed by atoms with Crippen LogP contribution in [0.25, 0.3) is 0 Å². The summed E-state index contributed by atoms with van der Waals surface area (Å²) in [7, 11) is 0. The van der Waals surface area contributed by atoms with Crippen molar-refractivity contribution in [3.63, 3.8) is 0 Å². The van der Waals surface area contributed by atoms with Gasteiger partial charge in [0.2, 0.25) is 5.91 Å². The lowest BCUT2D eigenvalue weighted by Crippen LogP contribution is -2.52. The molecule has 0 saturated carbocycles. The van der Waals surface area contributed by atoms with Crippen molar-refractivity contribution in [3.8, 4) is 0 Å². The van der Waals surface area contributed by atoms with E-state index in [0.717, 1.165) is 50.3 Å². The third-order valence-electron chi connectivity index (χ3n) is 5.32. The fraction of sp³-hybridized carbons (Fsp3) is 0.611. The molecule has 0 unspecified atom stereocenters. The molecule has 2 aliphatic heterocycles. The fourth-order valence-corrected chi connectivity index (χ4v) is 3.92. The molecule has 0 bridgehead atoms. The molecule has 0 aliphatic carbocycles. The lowest BCUT2D eigenvalue weighted by atomic mass is 9.72. The molecule has 6 nitrogen and oxygen atoms in total. The molecule has 130 valence electrons. The van der Waals surface area contributed by atoms with Gasteiger partial charge in [-0.25, -0.2) is 0 Å². The number of carboxylic acid groups (broad SMARTS) is 1. The van der Waals surface area contributed by atoms with Gasteiger partial charge in [0, 0.05) is 25.2 Å². The highest BCUT2D eigenvalue weighted by Crippen LogP contribution is 2.40. The minimum absolute atomic E-state index is 0.0191. The summed E-state index contributed by atoms with van der Waals surface area (Å²) in [5.74, 6) is -0.947. The van der Waals surface area contributed by atoms with Crippen LogP contribution in [0.3, 0.4) is 0 Å². The van der Waals surface area contributed by atoms with Crippen LogP contribution in [0.1, 0.15) is 37.1 Å². The zero-order valence-electron chi connectivity index (χ0n) is 14.2. The minimum Gasteiger partial charge on any atom is -0.480 e. The second kappa shape index (κ2) is 6.89. The minimum atomic E-state index is -0.927. The van der Waals surface area contributed by atoms with Crippen LogP contribution in [0, 0.1) is 12.3 Å². The fourth-order valence-electron chi connectivity index (χ4n) is 3.92. The number of aryl methyl sites for hydroxylation is 1. The van der Waals surface area contributed by atoms with Crippen LogP contribution in [0.2, 0.25) is 0 Å². The van der Waals surface area contributed by atoms with Gasteiger partial charge in [0.15, 0.2) is 0 Å². The van der Waals surface area contributed by atoms with E-state index in [2.05, 4.69) is 16.0 Å². The highest BCUT2D eigenvalue weighted by Gasteiger charge is 2.41. The van der Waals surface area contributed by atoms with E-state index < -0.39 is 5.97 Å². The molecular weight excluding hydrogens is 306 g/mol. The van der Waals surface area contributed by atoms with Crippen LogP contribution < -0.4 is 0 Å². The third-order valence-corrected chi connectivity index (χ3v) is 5.32. The first-order valence-corrected chi connectivity index (χ1v) is 8.60. The Hall–Kier alpha value is -1.95. The number of carbonyl (C=O) groups is 2. The number of piperidine rings is 2. The topological polar surface area (TPSA) is 73.7 Å². The van der Waals surface area contributed by atoms with Gasteiger partial charge in [0.1, 0.15) is 6.54 Å². The van der Waals surface area contributed by atoms with E-state index in [-0.39, 0.29) is 17.9 Å². The molecule has 1 amide bonds. The SMILES string of the molecule is Cc1cccc(CN2CCC3(CCC(=O)N(CC(=O)O)C3)CC2)n1. The second-order valence-electron chi connectivity index (χ2n) is 7.19. The van der Waals surface area contributed by atoms with Gasteiger partial charge in [-0.15, -0.1) is 0 Å². The number of likely N-dealkylation sites (tertiary alicyclic amines) is 2. The molecular formula is C18H25N3O3. The van der Waals surface area contributed by atoms with Crippen LogP contribution >= 0.6 is 0 Å². The standard InChI is InChI=1S/C18H25N3O3/c1-14-3-2-4-15(19-14)11-20-9-7-18(8-10-20)6-5-16(22)21(13-18)12-17(23)24/h2-4H,5-13H2,1H3,(H,23,24). The number of aliphatic carboxylic acids is 1. The Morgan fingerprint density at radius 3 is 2.71 bits per heavy atom. The predicted octanol–water partition coefficient (Wildman–Crippen LogP) is 1.68. The Morgan fingerprint density at radius 2 is 2.04 bits per heavy atom. The Balaban J connectivity index is 1.57. The molecule has 2 saturated heterocycles. The molecule has 1 spiro atoms. The molecule has 3 heterocycles. The summed E-state index contributed by atoms with van der Waals surface area (Å²) in [4.78, 5) is 31.4. The van der Waals surface area contributed by atoms with Crippen molar-refractivity contribution in [2.45, 2.75) is 39.2 Å². The van der Waals surface area contributed by atoms with Gasteiger partial charge in [0.05, 0.1) is 5.69 Å². The van der Waals surface area contributed by atoms with Crippen LogP contribution in [0.15, 0.2) is 18.2 Å². The number of pyridine rings is 1. The van der Waals surface area contributed by atoms with Gasteiger partial charge in [0.25, 0.3) is 0 Å². The maximum atomic E-state index is 11.9. The van der Waals surface area contributed by atoms with Crippen molar-refractivity contribution >= 4 is 11.9 Å². The quantitative estimate of drug-likeness (QED) is 0.909. The number of rotatable bonds is 4. The van der Waals surface area contributed by atoms with E-state index in [1.807, 2.05) is 19.1 Å². The first-order chi connectivity index (χ1) is 11.5. The Bertz CT molecular complexity index is 624. The number of aromatic nitrogens is 1. The number of amides is 1. The molecule has 0 aromatic carbocycles. The Morgan fingerprint density at radius 1 is 1.29 bits per heavy atom. The van der Waals surface area contributed by atoms with Crippen molar-refractivity contribution < 1.29 is 14.7 Å². The van der Waals surface area contributed by atoms with Gasteiger partial charge in [-0.2, -0.15) is 0 Å². The van der Waals surface area contributed by atoms with Crippen LogP contribution in [0.5, 0.6) is 0 Å². The number of nitrogens with zero attached hydrogens (tertiary/aromatic N) is 3. The maximum Gasteiger partial charge on any atom is 0.323 e. The molecule has 24 heavy (non-hydrogen) atoms. The lowest BCUT2D eigenvalue weighted by Gasteiger charge is -2.47. The lowest BCUT2D eigenvalue weighted by molar-refractivity contribution is -0.149. The highest BCUT2D eigenvalue weighted by molar-refractivity contribution is 5.82. The van der Waals surface area contributed by atoms with E-state index >= 15 is 0 Å². The molecule has 6 heteroatoms. The molecule has 0 atom stereocenters. The monoisotopic (exact) mass is 331 g/mol.